The van der Waals surface area contributed by atoms with Crippen LogP contribution in [0.5, 0.6) is 0 Å². The summed E-state index contributed by atoms with van der Waals surface area (Å²) < 4.78 is 8.03. The summed E-state index contributed by atoms with van der Waals surface area (Å²) in [5.41, 5.74) is 1.30. The monoisotopic (exact) mass is 413 g/mol. The summed E-state index contributed by atoms with van der Waals surface area (Å²) in [6.45, 7) is 0.0480. The third-order valence-corrected chi connectivity index (χ3v) is 4.86. The fourth-order valence-electron chi connectivity index (χ4n) is 3.34. The van der Waals surface area contributed by atoms with E-state index >= 15 is 0 Å². The molecule has 0 aliphatic rings. The lowest BCUT2D eigenvalue weighted by molar-refractivity contribution is 0.0473. The number of carbonyl (C=O) groups excluding carboxylic acids is 1. The zero-order valence-corrected chi connectivity index (χ0v) is 16.1. The van der Waals surface area contributed by atoms with E-state index in [1.165, 1.54) is 24.5 Å². The lowest BCUT2D eigenvalue weighted by atomic mass is 10.1. The molecule has 31 heavy (non-hydrogen) atoms. The van der Waals surface area contributed by atoms with Crippen molar-refractivity contribution in [3.63, 3.8) is 0 Å². The largest absolute Gasteiger partial charge is 0.457 e. The van der Waals surface area contributed by atoms with E-state index in [-0.39, 0.29) is 23.1 Å². The Balaban J connectivity index is 1.43. The molecule has 3 heterocycles. The van der Waals surface area contributed by atoms with Gasteiger partial charge in [-0.3, -0.25) is 4.79 Å². The molecule has 3 aromatic heterocycles. The minimum Gasteiger partial charge on any atom is -0.457 e. The number of pyridine rings is 1. The van der Waals surface area contributed by atoms with Gasteiger partial charge in [0.25, 0.3) is 5.56 Å². The maximum atomic E-state index is 12.8. The van der Waals surface area contributed by atoms with Gasteiger partial charge in [0, 0.05) is 6.20 Å². The zero-order chi connectivity index (χ0) is 21.4. The molecule has 0 aliphatic carbocycles. The molecule has 5 aromatic rings. The van der Waals surface area contributed by atoms with Crippen LogP contribution in [0, 0.1) is 0 Å². The van der Waals surface area contributed by atoms with Gasteiger partial charge in [-0.1, -0.05) is 18.2 Å². The van der Waals surface area contributed by atoms with Crippen molar-refractivity contribution >= 4 is 22.5 Å². The summed E-state index contributed by atoms with van der Waals surface area (Å²) in [5, 5.41) is 4.30. The van der Waals surface area contributed by atoms with Crippen molar-refractivity contribution in [2.45, 2.75) is 6.61 Å². The number of esters is 1. The third kappa shape index (κ3) is 3.38. The summed E-state index contributed by atoms with van der Waals surface area (Å²) in [7, 11) is 0. The first-order valence-corrected chi connectivity index (χ1v) is 9.40. The van der Waals surface area contributed by atoms with Crippen molar-refractivity contribution < 1.29 is 9.53 Å². The van der Waals surface area contributed by atoms with Gasteiger partial charge in [-0.15, -0.1) is 0 Å². The molecule has 1 N–H and O–H groups in total. The molecule has 2 aromatic carbocycles. The Labute approximate surface area is 174 Å². The van der Waals surface area contributed by atoms with E-state index in [4.69, 9.17) is 4.74 Å². The molecule has 0 amide bonds. The van der Waals surface area contributed by atoms with E-state index in [2.05, 4.69) is 15.1 Å². The van der Waals surface area contributed by atoms with Crippen LogP contribution in [0.4, 0.5) is 0 Å². The number of benzene rings is 2. The van der Waals surface area contributed by atoms with Gasteiger partial charge in [0.2, 0.25) is 0 Å². The van der Waals surface area contributed by atoms with Crippen molar-refractivity contribution in [3.8, 4) is 5.69 Å². The fraction of sp³-hybridized carbons (Fsp3) is 0.0455. The summed E-state index contributed by atoms with van der Waals surface area (Å²) in [6.07, 6.45) is 3.16. The van der Waals surface area contributed by atoms with E-state index in [0.29, 0.717) is 11.3 Å². The van der Waals surface area contributed by atoms with E-state index in [9.17, 15) is 14.4 Å². The highest BCUT2D eigenvalue weighted by Gasteiger charge is 2.13. The van der Waals surface area contributed by atoms with Gasteiger partial charge in [-0.2, -0.15) is 5.10 Å². The van der Waals surface area contributed by atoms with Gasteiger partial charge in [-0.05, 0) is 48.0 Å². The van der Waals surface area contributed by atoms with Gasteiger partial charge >= 0.3 is 11.7 Å². The molecule has 0 spiro atoms. The van der Waals surface area contributed by atoms with Crippen LogP contribution < -0.4 is 11.2 Å². The average molecular weight is 413 g/mol. The number of H-pyrrole nitrogens is 1. The first-order valence-electron chi connectivity index (χ1n) is 9.40. The predicted octanol–water partition coefficient (Wildman–Crippen LogP) is 2.08. The van der Waals surface area contributed by atoms with E-state index < -0.39 is 17.2 Å². The number of fused-ring (bicyclic) bond motifs is 2. The second kappa shape index (κ2) is 7.38. The molecule has 5 rings (SSSR count). The van der Waals surface area contributed by atoms with Gasteiger partial charge in [-0.25, -0.2) is 23.7 Å². The van der Waals surface area contributed by atoms with Crippen LogP contribution in [0.15, 0.2) is 82.8 Å². The predicted molar refractivity (Wildman–Crippen MR) is 112 cm³/mol. The van der Waals surface area contributed by atoms with Crippen LogP contribution in [0.3, 0.4) is 0 Å². The smallest absolute Gasteiger partial charge is 0.338 e. The maximum Gasteiger partial charge on any atom is 0.338 e. The number of aromatic nitrogens is 5. The van der Waals surface area contributed by atoms with Gasteiger partial charge < -0.3 is 9.72 Å². The molecular formula is C22H15N5O4. The Morgan fingerprint density at radius 3 is 2.71 bits per heavy atom. The highest BCUT2D eigenvalue weighted by atomic mass is 16.5. The highest BCUT2D eigenvalue weighted by molar-refractivity contribution is 5.94. The fourth-order valence-corrected chi connectivity index (χ4v) is 3.34. The Hall–Kier alpha value is -4.53. The molecule has 0 atom stereocenters. The minimum atomic E-state index is -0.587. The summed E-state index contributed by atoms with van der Waals surface area (Å²) in [6, 6.07) is 16.6. The number of nitrogens with one attached hydrogen (secondary N) is 1. The zero-order valence-electron chi connectivity index (χ0n) is 16.1. The molecular weight excluding hydrogens is 398 g/mol. The standard InChI is InChI=1S/C22H15N5O4/c28-20-17-7-6-15(11-18(17)25-22(30)27(20)16-4-2-1-3-5-16)21(29)31-12-14-8-9-26-19(10-14)23-13-24-26/h1-11,13H,12H2,(H,25,30). The second-order valence-corrected chi connectivity index (χ2v) is 6.84. The normalized spacial score (nSPS) is 11.1. The minimum absolute atomic E-state index is 0.0480. The van der Waals surface area contributed by atoms with Gasteiger partial charge in [0.05, 0.1) is 22.2 Å². The molecule has 9 nitrogen and oxygen atoms in total. The lowest BCUT2D eigenvalue weighted by Gasteiger charge is -2.08. The van der Waals surface area contributed by atoms with E-state index in [1.807, 2.05) is 0 Å². The van der Waals surface area contributed by atoms with Crippen molar-refractivity contribution in [1.82, 2.24) is 24.1 Å². The Morgan fingerprint density at radius 1 is 1.03 bits per heavy atom. The lowest BCUT2D eigenvalue weighted by Crippen LogP contribution is -2.33. The number of rotatable bonds is 4. The Bertz CT molecular complexity index is 1550. The van der Waals surface area contributed by atoms with E-state index in [0.717, 1.165) is 10.1 Å². The molecule has 0 fully saturated rings. The summed E-state index contributed by atoms with van der Waals surface area (Å²) >= 11 is 0. The second-order valence-electron chi connectivity index (χ2n) is 6.84. The molecule has 9 heteroatoms. The summed E-state index contributed by atoms with van der Waals surface area (Å²) in [5.74, 6) is -0.573. The number of nitrogens with zero attached hydrogens (tertiary/aromatic N) is 4. The Morgan fingerprint density at radius 2 is 1.87 bits per heavy atom. The van der Waals surface area contributed by atoms with Crippen LogP contribution in [-0.2, 0) is 11.3 Å². The molecule has 0 radical (unpaired) electrons. The quantitative estimate of drug-likeness (QED) is 0.452. The molecule has 0 saturated heterocycles. The molecule has 0 saturated carbocycles. The number of aromatic amines is 1. The highest BCUT2D eigenvalue weighted by Crippen LogP contribution is 2.13. The van der Waals surface area contributed by atoms with Crippen molar-refractivity contribution in [1.29, 1.82) is 0 Å². The van der Waals surface area contributed by atoms with Crippen LogP contribution in [-0.4, -0.2) is 30.1 Å². The van der Waals surface area contributed by atoms with Crippen molar-refractivity contribution in [2.75, 3.05) is 0 Å². The van der Waals surface area contributed by atoms with Gasteiger partial charge in [0.15, 0.2) is 5.65 Å². The van der Waals surface area contributed by atoms with Crippen LogP contribution in [0.2, 0.25) is 0 Å². The number of hydrogen-bond acceptors (Lipinski definition) is 6. The number of ether oxygens (including phenoxy) is 1. The SMILES string of the molecule is O=C(OCc1ccn2ncnc2c1)c1ccc2c(=O)n(-c3ccccc3)c(=O)[nH]c2c1. The van der Waals surface area contributed by atoms with Crippen molar-refractivity contribution in [3.05, 3.63) is 105 Å². The van der Waals surface area contributed by atoms with Crippen LogP contribution in [0.1, 0.15) is 15.9 Å². The topological polar surface area (TPSA) is 111 Å². The number of hydrogen-bond donors (Lipinski definition) is 1. The molecule has 0 bridgehead atoms. The molecule has 0 aliphatic heterocycles. The Kier molecular flexibility index (Phi) is 4.40. The number of carbonyl (C=O) groups is 1. The first-order chi connectivity index (χ1) is 15.1. The van der Waals surface area contributed by atoms with Gasteiger partial charge in [0.1, 0.15) is 12.9 Å². The molecule has 152 valence electrons. The van der Waals surface area contributed by atoms with Crippen LogP contribution >= 0.6 is 0 Å². The van der Waals surface area contributed by atoms with Crippen LogP contribution in [0.25, 0.3) is 22.2 Å². The molecule has 0 unspecified atom stereocenters. The number of para-hydroxylation sites is 1. The van der Waals surface area contributed by atoms with Crippen molar-refractivity contribution in [2.24, 2.45) is 0 Å². The summed E-state index contributed by atoms with van der Waals surface area (Å²) in [4.78, 5) is 44.6. The average Bonchev–Trinajstić information content (AvgIpc) is 3.26. The maximum absolute atomic E-state index is 12.8. The third-order valence-electron chi connectivity index (χ3n) is 4.86. The first kappa shape index (κ1) is 18.5. The van der Waals surface area contributed by atoms with E-state index in [1.54, 1.807) is 53.2 Å².